The minimum absolute atomic E-state index is 0.199. The van der Waals surface area contributed by atoms with Gasteiger partial charge in [-0.2, -0.15) is 0 Å². The summed E-state index contributed by atoms with van der Waals surface area (Å²) in [6, 6.07) is 0. The molecule has 1 aliphatic heterocycles. The standard InChI is InChI=1S/C12H16O2/c1-8-3-4-10(9(2)13)5-11-6-14-7-12(8)11/h4,11-12H,1,3,5-7H2,2H3. The minimum atomic E-state index is 0.199. The van der Waals surface area contributed by atoms with Crippen LogP contribution in [0.2, 0.25) is 0 Å². The molecular weight excluding hydrogens is 176 g/mol. The van der Waals surface area contributed by atoms with Crippen LogP contribution in [0.5, 0.6) is 0 Å². The second-order valence-electron chi connectivity index (χ2n) is 4.26. The number of ketones is 1. The minimum Gasteiger partial charge on any atom is -0.380 e. The number of carbonyl (C=O) groups is 1. The van der Waals surface area contributed by atoms with Crippen molar-refractivity contribution in [1.82, 2.24) is 0 Å². The highest BCUT2D eigenvalue weighted by molar-refractivity contribution is 5.93. The molecule has 0 saturated carbocycles. The summed E-state index contributed by atoms with van der Waals surface area (Å²) in [6.07, 6.45) is 3.77. The van der Waals surface area contributed by atoms with E-state index in [1.807, 2.05) is 6.08 Å². The summed E-state index contributed by atoms with van der Waals surface area (Å²) in [5, 5.41) is 0. The summed E-state index contributed by atoms with van der Waals surface area (Å²) in [5.41, 5.74) is 2.19. The van der Waals surface area contributed by atoms with Crippen molar-refractivity contribution in [2.24, 2.45) is 11.8 Å². The predicted molar refractivity (Wildman–Crippen MR) is 54.9 cm³/mol. The van der Waals surface area contributed by atoms with Gasteiger partial charge in [-0.15, -0.1) is 0 Å². The first kappa shape index (κ1) is 9.66. The lowest BCUT2D eigenvalue weighted by molar-refractivity contribution is -0.113. The van der Waals surface area contributed by atoms with Crippen molar-refractivity contribution < 1.29 is 9.53 Å². The summed E-state index contributed by atoms with van der Waals surface area (Å²) < 4.78 is 5.45. The number of carbonyl (C=O) groups excluding carboxylic acids is 1. The predicted octanol–water partition coefficient (Wildman–Crippen LogP) is 2.11. The Kier molecular flexibility index (Phi) is 2.55. The monoisotopic (exact) mass is 192 g/mol. The van der Waals surface area contributed by atoms with Gasteiger partial charge in [-0.3, -0.25) is 4.79 Å². The molecule has 0 amide bonds. The van der Waals surface area contributed by atoms with Gasteiger partial charge in [0.2, 0.25) is 0 Å². The van der Waals surface area contributed by atoms with Crippen molar-refractivity contribution in [1.29, 1.82) is 0 Å². The molecule has 76 valence electrons. The quantitative estimate of drug-likeness (QED) is 0.595. The van der Waals surface area contributed by atoms with Gasteiger partial charge in [0.15, 0.2) is 5.78 Å². The largest absolute Gasteiger partial charge is 0.380 e. The second kappa shape index (κ2) is 3.70. The summed E-state index contributed by atoms with van der Waals surface area (Å²) in [4.78, 5) is 11.3. The van der Waals surface area contributed by atoms with Crippen LogP contribution in [-0.2, 0) is 9.53 Å². The smallest absolute Gasteiger partial charge is 0.155 e. The van der Waals surface area contributed by atoms with Crippen LogP contribution in [0.15, 0.2) is 23.8 Å². The van der Waals surface area contributed by atoms with E-state index in [4.69, 9.17) is 4.74 Å². The van der Waals surface area contributed by atoms with E-state index in [-0.39, 0.29) is 5.78 Å². The Bertz CT molecular complexity index is 301. The molecule has 0 aromatic heterocycles. The van der Waals surface area contributed by atoms with Gasteiger partial charge in [-0.25, -0.2) is 0 Å². The zero-order chi connectivity index (χ0) is 10.1. The Hall–Kier alpha value is -0.890. The first-order valence-electron chi connectivity index (χ1n) is 5.14. The molecule has 1 saturated heterocycles. The van der Waals surface area contributed by atoms with Crippen molar-refractivity contribution in [3.8, 4) is 0 Å². The molecule has 1 aliphatic carbocycles. The molecule has 2 atom stereocenters. The first-order valence-corrected chi connectivity index (χ1v) is 5.14. The lowest BCUT2D eigenvalue weighted by atomic mass is 9.87. The van der Waals surface area contributed by atoms with Crippen LogP contribution >= 0.6 is 0 Å². The maximum atomic E-state index is 11.3. The number of hydrogen-bond donors (Lipinski definition) is 0. The number of fused-ring (bicyclic) bond motifs is 1. The molecule has 14 heavy (non-hydrogen) atoms. The third kappa shape index (κ3) is 1.67. The van der Waals surface area contributed by atoms with E-state index in [0.717, 1.165) is 31.6 Å². The van der Waals surface area contributed by atoms with E-state index >= 15 is 0 Å². The third-order valence-electron chi connectivity index (χ3n) is 3.27. The van der Waals surface area contributed by atoms with Crippen molar-refractivity contribution in [3.63, 3.8) is 0 Å². The van der Waals surface area contributed by atoms with E-state index in [0.29, 0.717) is 11.8 Å². The van der Waals surface area contributed by atoms with Gasteiger partial charge in [0, 0.05) is 5.92 Å². The van der Waals surface area contributed by atoms with Crippen molar-refractivity contribution in [2.75, 3.05) is 13.2 Å². The van der Waals surface area contributed by atoms with Gasteiger partial charge in [-0.05, 0) is 31.3 Å². The van der Waals surface area contributed by atoms with E-state index in [9.17, 15) is 4.79 Å². The number of allylic oxidation sites excluding steroid dienone is 2. The average Bonchev–Trinajstić information content (AvgIpc) is 2.53. The maximum Gasteiger partial charge on any atom is 0.155 e. The molecular formula is C12H16O2. The normalized spacial score (nSPS) is 32.1. The van der Waals surface area contributed by atoms with Gasteiger partial charge < -0.3 is 4.74 Å². The summed E-state index contributed by atoms with van der Waals surface area (Å²) in [7, 11) is 0. The third-order valence-corrected chi connectivity index (χ3v) is 3.27. The lowest BCUT2D eigenvalue weighted by Gasteiger charge is -2.15. The van der Waals surface area contributed by atoms with Crippen LogP contribution < -0.4 is 0 Å². The van der Waals surface area contributed by atoms with Crippen LogP contribution in [-0.4, -0.2) is 19.0 Å². The molecule has 2 rings (SSSR count). The highest BCUT2D eigenvalue weighted by Crippen LogP contribution is 2.36. The first-order chi connectivity index (χ1) is 6.68. The molecule has 2 heteroatoms. The summed E-state index contributed by atoms with van der Waals surface area (Å²) in [5.74, 6) is 1.16. The summed E-state index contributed by atoms with van der Waals surface area (Å²) in [6.45, 7) is 7.30. The number of Topliss-reactive ketones (excluding diaryl/α,β-unsaturated/α-hetero) is 1. The van der Waals surface area contributed by atoms with Crippen molar-refractivity contribution in [3.05, 3.63) is 23.8 Å². The Morgan fingerprint density at radius 3 is 3.07 bits per heavy atom. The molecule has 0 aromatic carbocycles. The fourth-order valence-corrected chi connectivity index (χ4v) is 2.31. The summed E-state index contributed by atoms with van der Waals surface area (Å²) >= 11 is 0. The lowest BCUT2D eigenvalue weighted by Crippen LogP contribution is -2.14. The van der Waals surface area contributed by atoms with Crippen molar-refractivity contribution in [2.45, 2.75) is 19.8 Å². The van der Waals surface area contributed by atoms with E-state index < -0.39 is 0 Å². The van der Waals surface area contributed by atoms with Gasteiger partial charge in [-0.1, -0.05) is 18.2 Å². The van der Waals surface area contributed by atoms with E-state index in [1.165, 1.54) is 5.57 Å². The number of ether oxygens (including phenoxy) is 1. The fraction of sp³-hybridized carbons (Fsp3) is 0.583. The van der Waals surface area contributed by atoms with Gasteiger partial charge >= 0.3 is 0 Å². The molecule has 1 heterocycles. The Morgan fingerprint density at radius 2 is 2.36 bits per heavy atom. The Labute approximate surface area is 84.6 Å². The molecule has 2 unspecified atom stereocenters. The molecule has 0 N–H and O–H groups in total. The molecule has 0 radical (unpaired) electrons. The van der Waals surface area contributed by atoms with Crippen LogP contribution in [0.25, 0.3) is 0 Å². The van der Waals surface area contributed by atoms with E-state index in [2.05, 4.69) is 6.58 Å². The SMILES string of the molecule is C=C1CC=C(C(C)=O)CC2COCC12. The molecule has 0 aromatic rings. The van der Waals surface area contributed by atoms with Crippen molar-refractivity contribution >= 4 is 5.78 Å². The molecule has 1 fully saturated rings. The second-order valence-corrected chi connectivity index (χ2v) is 4.26. The molecule has 0 spiro atoms. The average molecular weight is 192 g/mol. The van der Waals surface area contributed by atoms with Crippen LogP contribution in [0, 0.1) is 11.8 Å². The van der Waals surface area contributed by atoms with Crippen LogP contribution in [0.3, 0.4) is 0 Å². The molecule has 0 bridgehead atoms. The van der Waals surface area contributed by atoms with Gasteiger partial charge in [0.25, 0.3) is 0 Å². The number of hydrogen-bond acceptors (Lipinski definition) is 2. The molecule has 2 aliphatic rings. The highest BCUT2D eigenvalue weighted by atomic mass is 16.5. The Balaban J connectivity index is 2.20. The van der Waals surface area contributed by atoms with Crippen LogP contribution in [0.1, 0.15) is 19.8 Å². The molecule has 2 nitrogen and oxygen atoms in total. The maximum absolute atomic E-state index is 11.3. The zero-order valence-corrected chi connectivity index (χ0v) is 8.58. The van der Waals surface area contributed by atoms with Crippen LogP contribution in [0.4, 0.5) is 0 Å². The highest BCUT2D eigenvalue weighted by Gasteiger charge is 2.32. The zero-order valence-electron chi connectivity index (χ0n) is 8.58. The van der Waals surface area contributed by atoms with E-state index in [1.54, 1.807) is 6.92 Å². The van der Waals surface area contributed by atoms with Gasteiger partial charge in [0.1, 0.15) is 0 Å². The fourth-order valence-electron chi connectivity index (χ4n) is 2.31. The van der Waals surface area contributed by atoms with Gasteiger partial charge in [0.05, 0.1) is 13.2 Å². The Morgan fingerprint density at radius 1 is 1.57 bits per heavy atom. The number of rotatable bonds is 1. The topological polar surface area (TPSA) is 26.3 Å².